The van der Waals surface area contributed by atoms with Gasteiger partial charge in [-0.25, -0.2) is 0 Å². The van der Waals surface area contributed by atoms with Gasteiger partial charge in [0.15, 0.2) is 0 Å². The van der Waals surface area contributed by atoms with Gasteiger partial charge in [-0.15, -0.1) is 0 Å². The van der Waals surface area contributed by atoms with E-state index in [-0.39, 0.29) is 12.0 Å². The lowest BCUT2D eigenvalue weighted by atomic mass is 9.91. The van der Waals surface area contributed by atoms with Gasteiger partial charge in [0.2, 0.25) is 0 Å². The summed E-state index contributed by atoms with van der Waals surface area (Å²) in [5, 5.41) is 0. The third-order valence-corrected chi connectivity index (χ3v) is 2.39. The van der Waals surface area contributed by atoms with Gasteiger partial charge in [-0.2, -0.15) is 0 Å². The number of nitrogens with two attached hydrogens (primary N) is 1. The normalized spacial score (nSPS) is 15.5. The summed E-state index contributed by atoms with van der Waals surface area (Å²) in [5.74, 6) is 0.282. The van der Waals surface area contributed by atoms with E-state index in [4.69, 9.17) is 5.73 Å². The Hall–Kier alpha value is -0.630. The molecule has 0 rings (SSSR count). The van der Waals surface area contributed by atoms with Gasteiger partial charge in [0, 0.05) is 6.04 Å². The van der Waals surface area contributed by atoms with Crippen molar-refractivity contribution >= 4 is 6.29 Å². The smallest absolute Gasteiger partial charge is 0.146 e. The van der Waals surface area contributed by atoms with Crippen LogP contribution in [0, 0.1) is 5.92 Å². The molecule has 76 valence electrons. The van der Waals surface area contributed by atoms with Crippen LogP contribution in [-0.2, 0) is 4.79 Å². The second-order valence-electron chi connectivity index (χ2n) is 3.62. The number of rotatable bonds is 5. The van der Waals surface area contributed by atoms with Crippen LogP contribution in [0.3, 0.4) is 0 Å². The van der Waals surface area contributed by atoms with E-state index < -0.39 is 0 Å². The molecule has 2 nitrogen and oxygen atoms in total. The summed E-state index contributed by atoms with van der Waals surface area (Å²) in [6.07, 6.45) is 2.73. The van der Waals surface area contributed by atoms with Crippen LogP contribution < -0.4 is 5.73 Å². The highest BCUT2D eigenvalue weighted by atomic mass is 16.1. The molecule has 0 aliphatic heterocycles. The summed E-state index contributed by atoms with van der Waals surface area (Å²) >= 11 is 0. The van der Waals surface area contributed by atoms with Crippen LogP contribution in [0.15, 0.2) is 11.1 Å². The van der Waals surface area contributed by atoms with Crippen LogP contribution in [0.2, 0.25) is 0 Å². The molecule has 13 heavy (non-hydrogen) atoms. The minimum atomic E-state index is 0.0487. The summed E-state index contributed by atoms with van der Waals surface area (Å²) in [4.78, 5) is 10.9. The zero-order valence-corrected chi connectivity index (χ0v) is 9.13. The van der Waals surface area contributed by atoms with Crippen molar-refractivity contribution in [2.45, 2.75) is 46.6 Å². The van der Waals surface area contributed by atoms with E-state index >= 15 is 0 Å². The molecule has 0 amide bonds. The summed E-state index contributed by atoms with van der Waals surface area (Å²) in [7, 11) is 0. The summed E-state index contributed by atoms with van der Waals surface area (Å²) in [6.45, 7) is 8.16. The molecule has 0 fully saturated rings. The Morgan fingerprint density at radius 1 is 1.38 bits per heavy atom. The highest BCUT2D eigenvalue weighted by molar-refractivity contribution is 5.75. The third kappa shape index (κ3) is 3.31. The molecule has 0 bridgehead atoms. The van der Waals surface area contributed by atoms with Gasteiger partial charge in [-0.05, 0) is 29.9 Å². The van der Waals surface area contributed by atoms with Crippen molar-refractivity contribution in [3.63, 3.8) is 0 Å². The van der Waals surface area contributed by atoms with Crippen LogP contribution in [0.4, 0.5) is 0 Å². The first-order valence-corrected chi connectivity index (χ1v) is 5.02. The van der Waals surface area contributed by atoms with Crippen molar-refractivity contribution < 1.29 is 4.79 Å². The molecule has 0 aromatic carbocycles. The molecule has 0 aliphatic carbocycles. The first kappa shape index (κ1) is 12.4. The Balaban J connectivity index is 4.92. The van der Waals surface area contributed by atoms with E-state index in [9.17, 15) is 4.79 Å². The number of hydrogen-bond donors (Lipinski definition) is 1. The highest BCUT2D eigenvalue weighted by Crippen LogP contribution is 2.19. The predicted octanol–water partition coefficient (Wildman–Crippen LogP) is 2.29. The number of hydrogen-bond acceptors (Lipinski definition) is 2. The molecule has 1 atom stereocenters. The zero-order valence-electron chi connectivity index (χ0n) is 9.13. The quantitative estimate of drug-likeness (QED) is 0.525. The summed E-state index contributed by atoms with van der Waals surface area (Å²) < 4.78 is 0. The third-order valence-electron chi connectivity index (χ3n) is 2.39. The van der Waals surface area contributed by atoms with Gasteiger partial charge in [0.1, 0.15) is 6.29 Å². The molecule has 2 heteroatoms. The van der Waals surface area contributed by atoms with Crippen molar-refractivity contribution in [3.05, 3.63) is 11.1 Å². The minimum Gasteiger partial charge on any atom is -0.324 e. The SMILES string of the molecule is CC/C(=C(/C=O)C(C)C)C(N)CC. The van der Waals surface area contributed by atoms with Crippen LogP contribution in [0.5, 0.6) is 0 Å². The summed E-state index contributed by atoms with van der Waals surface area (Å²) in [5.41, 5.74) is 7.93. The van der Waals surface area contributed by atoms with Crippen LogP contribution >= 0.6 is 0 Å². The minimum absolute atomic E-state index is 0.0487. The van der Waals surface area contributed by atoms with E-state index in [2.05, 4.69) is 6.92 Å². The van der Waals surface area contributed by atoms with Crippen LogP contribution in [0.25, 0.3) is 0 Å². The molecular formula is C11H21NO. The number of aldehydes is 1. The number of allylic oxidation sites excluding steroid dienone is 1. The Labute approximate surface area is 81.2 Å². The largest absolute Gasteiger partial charge is 0.324 e. The van der Waals surface area contributed by atoms with Gasteiger partial charge in [-0.1, -0.05) is 27.7 Å². The second-order valence-corrected chi connectivity index (χ2v) is 3.62. The maximum absolute atomic E-state index is 10.9. The van der Waals surface area contributed by atoms with Gasteiger partial charge in [0.05, 0.1) is 0 Å². The van der Waals surface area contributed by atoms with Gasteiger partial charge < -0.3 is 5.73 Å². The molecule has 0 aliphatic rings. The van der Waals surface area contributed by atoms with E-state index in [1.807, 2.05) is 20.8 Å². The molecule has 2 N–H and O–H groups in total. The van der Waals surface area contributed by atoms with Crippen molar-refractivity contribution in [1.29, 1.82) is 0 Å². The molecular weight excluding hydrogens is 162 g/mol. The van der Waals surface area contributed by atoms with Crippen molar-refractivity contribution in [1.82, 2.24) is 0 Å². The fourth-order valence-corrected chi connectivity index (χ4v) is 1.51. The number of carbonyl (C=O) groups excluding carboxylic acids is 1. The average molecular weight is 183 g/mol. The Kier molecular flexibility index (Phi) is 5.63. The molecule has 0 spiro atoms. The fourth-order valence-electron chi connectivity index (χ4n) is 1.51. The lowest BCUT2D eigenvalue weighted by molar-refractivity contribution is -0.105. The molecule has 0 aromatic rings. The second kappa shape index (κ2) is 5.92. The van der Waals surface area contributed by atoms with E-state index in [1.165, 1.54) is 0 Å². The highest BCUT2D eigenvalue weighted by Gasteiger charge is 2.13. The number of carbonyl (C=O) groups is 1. The van der Waals surface area contributed by atoms with Gasteiger partial charge in [0.25, 0.3) is 0 Å². The maximum Gasteiger partial charge on any atom is 0.146 e. The predicted molar refractivity (Wildman–Crippen MR) is 56.5 cm³/mol. The topological polar surface area (TPSA) is 43.1 Å². The average Bonchev–Trinajstić information content (AvgIpc) is 2.12. The lowest BCUT2D eigenvalue weighted by Gasteiger charge is -2.17. The fraction of sp³-hybridized carbons (Fsp3) is 0.727. The summed E-state index contributed by atoms with van der Waals surface area (Å²) in [6, 6.07) is 0.0487. The van der Waals surface area contributed by atoms with Crippen LogP contribution in [-0.4, -0.2) is 12.3 Å². The first-order valence-electron chi connectivity index (χ1n) is 5.02. The standard InChI is InChI=1S/C11H21NO/c1-5-9(11(12)6-2)10(7-13)8(3)4/h7-8,11H,5-6,12H2,1-4H3/b10-9+. The van der Waals surface area contributed by atoms with E-state index in [1.54, 1.807) is 0 Å². The lowest BCUT2D eigenvalue weighted by Crippen LogP contribution is -2.24. The Morgan fingerprint density at radius 2 is 1.92 bits per heavy atom. The van der Waals surface area contributed by atoms with Gasteiger partial charge >= 0.3 is 0 Å². The van der Waals surface area contributed by atoms with Crippen molar-refractivity contribution in [3.8, 4) is 0 Å². The molecule has 0 heterocycles. The zero-order chi connectivity index (χ0) is 10.4. The molecule has 1 unspecified atom stereocenters. The monoisotopic (exact) mass is 183 g/mol. The maximum atomic E-state index is 10.9. The van der Waals surface area contributed by atoms with Crippen molar-refractivity contribution in [2.75, 3.05) is 0 Å². The van der Waals surface area contributed by atoms with Gasteiger partial charge in [-0.3, -0.25) is 4.79 Å². The van der Waals surface area contributed by atoms with E-state index in [0.29, 0.717) is 0 Å². The molecule has 0 radical (unpaired) electrons. The Bertz CT molecular complexity index is 194. The van der Waals surface area contributed by atoms with Crippen molar-refractivity contribution in [2.24, 2.45) is 11.7 Å². The van der Waals surface area contributed by atoms with E-state index in [0.717, 1.165) is 30.3 Å². The Morgan fingerprint density at radius 3 is 2.15 bits per heavy atom. The van der Waals surface area contributed by atoms with Crippen LogP contribution in [0.1, 0.15) is 40.5 Å². The molecule has 0 aromatic heterocycles. The molecule has 0 saturated heterocycles. The molecule has 0 saturated carbocycles. The first-order chi connectivity index (χ1) is 6.08.